The molecular formula is C22H28N4O. The van der Waals surface area contributed by atoms with Crippen molar-refractivity contribution >= 4 is 17.3 Å². The summed E-state index contributed by atoms with van der Waals surface area (Å²) in [5.41, 5.74) is 3.21. The number of benzene rings is 1. The number of nitrogens with zero attached hydrogens (tertiary/aromatic N) is 4. The fourth-order valence-electron chi connectivity index (χ4n) is 4.10. The molecule has 0 bridgehead atoms. The topological polar surface area (TPSA) is 39.7 Å². The molecule has 2 aliphatic heterocycles. The molecule has 4 rings (SSSR count). The summed E-state index contributed by atoms with van der Waals surface area (Å²) in [5.74, 6) is 0.241. The molecule has 1 amide bonds. The highest BCUT2D eigenvalue weighted by Gasteiger charge is 2.27. The van der Waals surface area contributed by atoms with Gasteiger partial charge in [-0.1, -0.05) is 24.6 Å². The number of fused-ring (bicyclic) bond motifs is 1. The van der Waals surface area contributed by atoms with Crippen LogP contribution in [0.2, 0.25) is 0 Å². The van der Waals surface area contributed by atoms with E-state index in [1.165, 1.54) is 19.3 Å². The maximum atomic E-state index is 12.9. The number of likely N-dealkylation sites (tertiary alicyclic amines) is 1. The fourth-order valence-corrected chi connectivity index (χ4v) is 4.10. The largest absolute Gasteiger partial charge is 0.362 e. The number of hydrogen-bond donors (Lipinski definition) is 0. The van der Waals surface area contributed by atoms with E-state index < -0.39 is 0 Å². The van der Waals surface area contributed by atoms with Crippen molar-refractivity contribution in [3.8, 4) is 0 Å². The van der Waals surface area contributed by atoms with Gasteiger partial charge in [-0.05, 0) is 50.2 Å². The lowest BCUT2D eigenvalue weighted by molar-refractivity contribution is -0.119. The Balaban J connectivity index is 1.44. The van der Waals surface area contributed by atoms with Crippen molar-refractivity contribution in [2.75, 3.05) is 42.5 Å². The summed E-state index contributed by atoms with van der Waals surface area (Å²) in [4.78, 5) is 24.1. The summed E-state index contributed by atoms with van der Waals surface area (Å²) in [5, 5.41) is 0. The maximum absolute atomic E-state index is 12.9. The van der Waals surface area contributed by atoms with Crippen LogP contribution in [-0.4, -0.2) is 48.5 Å². The Morgan fingerprint density at radius 3 is 2.44 bits per heavy atom. The van der Waals surface area contributed by atoms with Gasteiger partial charge in [-0.25, -0.2) is 0 Å². The summed E-state index contributed by atoms with van der Waals surface area (Å²) in [6, 6.07) is 14.3. The molecule has 0 atom stereocenters. The summed E-state index contributed by atoms with van der Waals surface area (Å²) in [6.45, 7) is 5.51. The number of aromatic nitrogens is 1. The monoisotopic (exact) mass is 364 g/mol. The molecule has 142 valence electrons. The predicted octanol–water partition coefficient (Wildman–Crippen LogP) is 3.31. The fraction of sp³-hybridized carbons (Fsp3) is 0.455. The van der Waals surface area contributed by atoms with Crippen LogP contribution in [0.15, 0.2) is 48.7 Å². The van der Waals surface area contributed by atoms with E-state index in [0.29, 0.717) is 6.42 Å². The van der Waals surface area contributed by atoms with E-state index >= 15 is 0 Å². The van der Waals surface area contributed by atoms with E-state index in [1.54, 1.807) is 0 Å². The molecule has 5 heteroatoms. The minimum Gasteiger partial charge on any atom is -0.362 e. The number of rotatable bonds is 5. The Morgan fingerprint density at radius 1 is 0.889 bits per heavy atom. The van der Waals surface area contributed by atoms with E-state index in [1.807, 2.05) is 35.4 Å². The first-order chi connectivity index (χ1) is 13.3. The number of pyridine rings is 1. The van der Waals surface area contributed by atoms with Crippen LogP contribution in [-0.2, 0) is 11.3 Å². The van der Waals surface area contributed by atoms with Crippen LogP contribution in [0.5, 0.6) is 0 Å². The van der Waals surface area contributed by atoms with Crippen molar-refractivity contribution in [3.63, 3.8) is 0 Å². The van der Waals surface area contributed by atoms with Crippen LogP contribution in [0, 0.1) is 0 Å². The van der Waals surface area contributed by atoms with Gasteiger partial charge in [-0.2, -0.15) is 0 Å². The Labute approximate surface area is 161 Å². The van der Waals surface area contributed by atoms with Crippen LogP contribution >= 0.6 is 0 Å². The quantitative estimate of drug-likeness (QED) is 0.816. The Hall–Kier alpha value is -2.40. The van der Waals surface area contributed by atoms with E-state index in [4.69, 9.17) is 0 Å². The van der Waals surface area contributed by atoms with Crippen LogP contribution in [0.3, 0.4) is 0 Å². The normalized spacial score (nSPS) is 17.6. The Kier molecular flexibility index (Phi) is 5.68. The first-order valence-corrected chi connectivity index (χ1v) is 10.1. The van der Waals surface area contributed by atoms with Crippen LogP contribution in [0.4, 0.5) is 11.4 Å². The van der Waals surface area contributed by atoms with Crippen molar-refractivity contribution in [1.82, 2.24) is 9.88 Å². The lowest BCUT2D eigenvalue weighted by Gasteiger charge is -2.38. The van der Waals surface area contributed by atoms with Gasteiger partial charge in [0.2, 0.25) is 5.91 Å². The van der Waals surface area contributed by atoms with Crippen molar-refractivity contribution in [1.29, 1.82) is 0 Å². The second kappa shape index (κ2) is 8.53. The van der Waals surface area contributed by atoms with Crippen molar-refractivity contribution in [2.24, 2.45) is 0 Å². The van der Waals surface area contributed by atoms with E-state index in [0.717, 1.165) is 56.3 Å². The molecule has 5 nitrogen and oxygen atoms in total. The number of piperidine rings is 1. The number of anilines is 2. The van der Waals surface area contributed by atoms with Gasteiger partial charge >= 0.3 is 0 Å². The molecule has 0 radical (unpaired) electrons. The standard InChI is InChI=1S/C22H28N4O/c27-22(11-15-24-13-6-1-7-14-24)26-17-16-25(18-19-8-4-5-12-23-19)20-9-2-3-10-21(20)26/h2-5,8-10,12H,1,6-7,11,13-18H2. The number of carbonyl (C=O) groups excluding carboxylic acids is 1. The van der Waals surface area contributed by atoms with Gasteiger partial charge in [0.1, 0.15) is 0 Å². The Bertz CT molecular complexity index is 758. The summed E-state index contributed by atoms with van der Waals surface area (Å²) in [6.07, 6.45) is 6.30. The molecule has 1 aromatic heterocycles. The molecule has 1 fully saturated rings. The van der Waals surface area contributed by atoms with Gasteiger partial charge in [0.25, 0.3) is 0 Å². The third-order valence-corrected chi connectivity index (χ3v) is 5.58. The molecule has 0 saturated carbocycles. The molecule has 3 heterocycles. The molecule has 0 N–H and O–H groups in total. The molecule has 1 saturated heterocycles. The average Bonchev–Trinajstić information content (AvgIpc) is 2.74. The van der Waals surface area contributed by atoms with Crippen LogP contribution < -0.4 is 9.80 Å². The smallest absolute Gasteiger partial charge is 0.228 e. The number of para-hydroxylation sites is 2. The summed E-state index contributed by atoms with van der Waals surface area (Å²) in [7, 11) is 0. The van der Waals surface area contributed by atoms with E-state index in [9.17, 15) is 4.79 Å². The molecule has 27 heavy (non-hydrogen) atoms. The SMILES string of the molecule is O=C(CCN1CCCCC1)N1CCN(Cc2ccccn2)c2ccccc21. The highest BCUT2D eigenvalue weighted by molar-refractivity contribution is 5.97. The first kappa shape index (κ1) is 18.0. The van der Waals surface area contributed by atoms with Gasteiger partial charge in [0, 0.05) is 32.3 Å². The summed E-state index contributed by atoms with van der Waals surface area (Å²) >= 11 is 0. The lowest BCUT2D eigenvalue weighted by Crippen LogP contribution is -2.45. The lowest BCUT2D eigenvalue weighted by atomic mass is 10.1. The zero-order chi connectivity index (χ0) is 18.5. The van der Waals surface area contributed by atoms with Gasteiger partial charge in [0.05, 0.1) is 23.6 Å². The predicted molar refractivity (Wildman–Crippen MR) is 109 cm³/mol. The summed E-state index contributed by atoms with van der Waals surface area (Å²) < 4.78 is 0. The van der Waals surface area contributed by atoms with Gasteiger partial charge in [-0.3, -0.25) is 9.78 Å². The number of hydrogen-bond acceptors (Lipinski definition) is 4. The van der Waals surface area contributed by atoms with Crippen molar-refractivity contribution in [3.05, 3.63) is 54.4 Å². The molecule has 0 aliphatic carbocycles. The van der Waals surface area contributed by atoms with E-state index in [-0.39, 0.29) is 5.91 Å². The van der Waals surface area contributed by atoms with Crippen LogP contribution in [0.25, 0.3) is 0 Å². The third kappa shape index (κ3) is 4.30. The Morgan fingerprint density at radius 2 is 1.67 bits per heavy atom. The van der Waals surface area contributed by atoms with Gasteiger partial charge < -0.3 is 14.7 Å². The zero-order valence-electron chi connectivity index (χ0n) is 15.9. The molecule has 0 unspecified atom stereocenters. The number of carbonyl (C=O) groups is 1. The first-order valence-electron chi connectivity index (χ1n) is 10.1. The molecule has 1 aromatic carbocycles. The van der Waals surface area contributed by atoms with E-state index in [2.05, 4.69) is 33.0 Å². The molecule has 0 spiro atoms. The molecule has 2 aromatic rings. The van der Waals surface area contributed by atoms with Gasteiger partial charge in [0.15, 0.2) is 0 Å². The van der Waals surface area contributed by atoms with Crippen LogP contribution in [0.1, 0.15) is 31.4 Å². The molecular weight excluding hydrogens is 336 g/mol. The van der Waals surface area contributed by atoms with Crippen molar-refractivity contribution in [2.45, 2.75) is 32.2 Å². The zero-order valence-corrected chi connectivity index (χ0v) is 15.9. The molecule has 2 aliphatic rings. The van der Waals surface area contributed by atoms with Gasteiger partial charge in [-0.15, -0.1) is 0 Å². The average molecular weight is 364 g/mol. The van der Waals surface area contributed by atoms with Crippen molar-refractivity contribution < 1.29 is 4.79 Å². The second-order valence-electron chi connectivity index (χ2n) is 7.43. The minimum atomic E-state index is 0.241. The highest BCUT2D eigenvalue weighted by Crippen LogP contribution is 2.34. The highest BCUT2D eigenvalue weighted by atomic mass is 16.2. The minimum absolute atomic E-state index is 0.241. The second-order valence-corrected chi connectivity index (χ2v) is 7.43. The number of amides is 1. The third-order valence-electron chi connectivity index (χ3n) is 5.58. The maximum Gasteiger partial charge on any atom is 0.228 e.